The summed E-state index contributed by atoms with van der Waals surface area (Å²) in [5.41, 5.74) is 1.91. The lowest BCUT2D eigenvalue weighted by atomic mass is 10.1. The summed E-state index contributed by atoms with van der Waals surface area (Å²) in [7, 11) is -3.70. The predicted molar refractivity (Wildman–Crippen MR) is 92.1 cm³/mol. The van der Waals surface area contributed by atoms with Crippen LogP contribution in [-0.2, 0) is 16.6 Å². The van der Waals surface area contributed by atoms with Crippen molar-refractivity contribution >= 4 is 15.9 Å². The molecule has 2 N–H and O–H groups in total. The maximum Gasteiger partial charge on any atom is 0.251 e. The molecule has 0 radical (unpaired) electrons. The first-order valence-corrected chi connectivity index (χ1v) is 9.20. The van der Waals surface area contributed by atoms with E-state index in [1.165, 1.54) is 12.1 Å². The molecular weight excluding hydrogens is 326 g/mol. The van der Waals surface area contributed by atoms with Crippen LogP contribution >= 0.6 is 0 Å². The Morgan fingerprint density at radius 2 is 1.88 bits per heavy atom. The first-order chi connectivity index (χ1) is 11.4. The van der Waals surface area contributed by atoms with Crippen LogP contribution in [0.1, 0.15) is 34.8 Å². The van der Waals surface area contributed by atoms with E-state index < -0.39 is 10.0 Å². The molecule has 1 aromatic carbocycles. The molecule has 7 heteroatoms. The zero-order chi connectivity index (χ0) is 17.6. The van der Waals surface area contributed by atoms with Crippen molar-refractivity contribution in [2.75, 3.05) is 6.54 Å². The minimum Gasteiger partial charge on any atom is -0.352 e. The molecule has 1 aromatic heterocycles. The van der Waals surface area contributed by atoms with E-state index in [-0.39, 0.29) is 17.3 Å². The SMILES string of the molecule is CCCNC(=O)c1cc(S(=O)(=O)NCc2ccncc2)ccc1C. The van der Waals surface area contributed by atoms with Crippen LogP contribution in [-0.4, -0.2) is 25.9 Å². The van der Waals surface area contributed by atoms with Gasteiger partial charge in [-0.1, -0.05) is 13.0 Å². The number of nitrogens with one attached hydrogen (secondary N) is 2. The largest absolute Gasteiger partial charge is 0.352 e. The Bertz CT molecular complexity index is 805. The molecule has 0 saturated heterocycles. The molecule has 1 amide bonds. The molecule has 2 rings (SSSR count). The predicted octanol–water partition coefficient (Wildman–Crippen LogP) is 2.01. The second kappa shape index (κ2) is 8.03. The van der Waals surface area contributed by atoms with Crippen LogP contribution in [0.2, 0.25) is 0 Å². The molecule has 0 fully saturated rings. The molecule has 0 spiro atoms. The minimum absolute atomic E-state index is 0.0730. The fourth-order valence-corrected chi connectivity index (χ4v) is 3.15. The van der Waals surface area contributed by atoms with Crippen LogP contribution in [0, 0.1) is 6.92 Å². The Labute approximate surface area is 142 Å². The first-order valence-electron chi connectivity index (χ1n) is 7.71. The third kappa shape index (κ3) is 4.62. The third-order valence-electron chi connectivity index (χ3n) is 3.52. The number of sulfonamides is 1. The molecule has 0 bridgehead atoms. The Balaban J connectivity index is 2.19. The molecule has 0 aliphatic rings. The normalized spacial score (nSPS) is 11.2. The number of benzene rings is 1. The number of aromatic nitrogens is 1. The van der Waals surface area contributed by atoms with Gasteiger partial charge in [0.15, 0.2) is 0 Å². The molecule has 128 valence electrons. The van der Waals surface area contributed by atoms with E-state index in [9.17, 15) is 13.2 Å². The molecule has 6 nitrogen and oxygen atoms in total. The average molecular weight is 347 g/mol. The summed E-state index contributed by atoms with van der Waals surface area (Å²) in [5.74, 6) is -0.263. The summed E-state index contributed by atoms with van der Waals surface area (Å²) >= 11 is 0. The molecule has 0 saturated carbocycles. The van der Waals surface area contributed by atoms with Gasteiger partial charge in [-0.2, -0.15) is 0 Å². The number of carbonyl (C=O) groups excluding carboxylic acids is 1. The van der Waals surface area contributed by atoms with Gasteiger partial charge in [0.05, 0.1) is 4.90 Å². The van der Waals surface area contributed by atoms with Crippen molar-refractivity contribution in [1.82, 2.24) is 15.0 Å². The van der Waals surface area contributed by atoms with Gasteiger partial charge in [0.25, 0.3) is 5.91 Å². The maximum absolute atomic E-state index is 12.4. The van der Waals surface area contributed by atoms with E-state index in [1.807, 2.05) is 6.92 Å². The standard InChI is InChI=1S/C17H21N3O3S/c1-3-8-19-17(21)16-11-15(5-4-13(16)2)24(22,23)20-12-14-6-9-18-10-7-14/h4-7,9-11,20H,3,8,12H2,1-2H3,(H,19,21). The van der Waals surface area contributed by atoms with Gasteiger partial charge in [0, 0.05) is 31.0 Å². The van der Waals surface area contributed by atoms with E-state index in [2.05, 4.69) is 15.0 Å². The van der Waals surface area contributed by atoms with Gasteiger partial charge in [-0.15, -0.1) is 0 Å². The monoisotopic (exact) mass is 347 g/mol. The topological polar surface area (TPSA) is 88.2 Å². The van der Waals surface area contributed by atoms with Gasteiger partial charge in [-0.25, -0.2) is 13.1 Å². The first kappa shape index (κ1) is 18.1. The Morgan fingerprint density at radius 3 is 2.54 bits per heavy atom. The molecule has 0 aliphatic carbocycles. The van der Waals surface area contributed by atoms with Crippen LogP contribution in [0.25, 0.3) is 0 Å². The number of carbonyl (C=O) groups is 1. The van der Waals surface area contributed by atoms with Crippen molar-refractivity contribution in [3.8, 4) is 0 Å². The van der Waals surface area contributed by atoms with Gasteiger partial charge in [0.2, 0.25) is 10.0 Å². The fraction of sp³-hybridized carbons (Fsp3) is 0.294. The molecular formula is C17H21N3O3S. The molecule has 0 aliphatic heterocycles. The highest BCUT2D eigenvalue weighted by Crippen LogP contribution is 2.16. The highest BCUT2D eigenvalue weighted by Gasteiger charge is 2.17. The summed E-state index contributed by atoms with van der Waals surface area (Å²) in [6, 6.07) is 8.03. The smallest absolute Gasteiger partial charge is 0.251 e. The van der Waals surface area contributed by atoms with Crippen molar-refractivity contribution in [2.24, 2.45) is 0 Å². The zero-order valence-corrected chi connectivity index (χ0v) is 14.6. The Morgan fingerprint density at radius 1 is 1.17 bits per heavy atom. The zero-order valence-electron chi connectivity index (χ0n) is 13.7. The fourth-order valence-electron chi connectivity index (χ4n) is 2.11. The van der Waals surface area contributed by atoms with Crippen molar-refractivity contribution in [3.63, 3.8) is 0 Å². The summed E-state index contributed by atoms with van der Waals surface area (Å²) in [4.78, 5) is 16.1. The maximum atomic E-state index is 12.4. The number of rotatable bonds is 7. The van der Waals surface area contributed by atoms with Crippen LogP contribution in [0.15, 0.2) is 47.6 Å². The second-order valence-electron chi connectivity index (χ2n) is 5.41. The minimum atomic E-state index is -3.70. The van der Waals surface area contributed by atoms with Gasteiger partial charge in [-0.05, 0) is 48.7 Å². The highest BCUT2D eigenvalue weighted by molar-refractivity contribution is 7.89. The van der Waals surface area contributed by atoms with Crippen molar-refractivity contribution in [1.29, 1.82) is 0 Å². The number of pyridine rings is 1. The lowest BCUT2D eigenvalue weighted by Gasteiger charge is -2.11. The van der Waals surface area contributed by atoms with Crippen LogP contribution in [0.4, 0.5) is 0 Å². The van der Waals surface area contributed by atoms with E-state index in [1.54, 1.807) is 37.5 Å². The summed E-state index contributed by atoms with van der Waals surface area (Å²) < 4.78 is 27.4. The van der Waals surface area contributed by atoms with Gasteiger partial charge < -0.3 is 5.32 Å². The second-order valence-corrected chi connectivity index (χ2v) is 7.18. The number of hydrogen-bond acceptors (Lipinski definition) is 4. The van der Waals surface area contributed by atoms with E-state index >= 15 is 0 Å². The highest BCUT2D eigenvalue weighted by atomic mass is 32.2. The van der Waals surface area contributed by atoms with Gasteiger partial charge in [-0.3, -0.25) is 9.78 Å². The van der Waals surface area contributed by atoms with Crippen molar-refractivity contribution in [2.45, 2.75) is 31.7 Å². The van der Waals surface area contributed by atoms with Crippen LogP contribution in [0.3, 0.4) is 0 Å². The number of amides is 1. The van der Waals surface area contributed by atoms with Crippen LogP contribution in [0.5, 0.6) is 0 Å². The van der Waals surface area contributed by atoms with Crippen molar-refractivity contribution < 1.29 is 13.2 Å². The van der Waals surface area contributed by atoms with E-state index in [4.69, 9.17) is 0 Å². The van der Waals surface area contributed by atoms with E-state index in [0.717, 1.165) is 17.5 Å². The van der Waals surface area contributed by atoms with E-state index in [0.29, 0.717) is 12.1 Å². The number of nitrogens with zero attached hydrogens (tertiary/aromatic N) is 1. The van der Waals surface area contributed by atoms with Crippen LogP contribution < -0.4 is 10.0 Å². The molecule has 24 heavy (non-hydrogen) atoms. The Hall–Kier alpha value is -2.25. The molecule has 0 unspecified atom stereocenters. The number of aryl methyl sites for hydroxylation is 1. The Kier molecular flexibility index (Phi) is 6.05. The number of hydrogen-bond donors (Lipinski definition) is 2. The van der Waals surface area contributed by atoms with Gasteiger partial charge in [0.1, 0.15) is 0 Å². The lowest BCUT2D eigenvalue weighted by molar-refractivity contribution is 0.0953. The quantitative estimate of drug-likeness (QED) is 0.802. The molecule has 1 heterocycles. The molecule has 2 aromatic rings. The summed E-state index contributed by atoms with van der Waals surface area (Å²) in [6.07, 6.45) is 4.02. The third-order valence-corrected chi connectivity index (χ3v) is 4.91. The lowest BCUT2D eigenvalue weighted by Crippen LogP contribution is -2.26. The van der Waals surface area contributed by atoms with Gasteiger partial charge >= 0.3 is 0 Å². The summed E-state index contributed by atoms with van der Waals surface area (Å²) in [6.45, 7) is 4.45. The van der Waals surface area contributed by atoms with Crippen molar-refractivity contribution in [3.05, 3.63) is 59.4 Å². The molecule has 0 atom stereocenters. The summed E-state index contributed by atoms with van der Waals surface area (Å²) in [5, 5.41) is 2.76. The average Bonchev–Trinajstić information content (AvgIpc) is 2.59.